The van der Waals surface area contributed by atoms with Gasteiger partial charge in [0.15, 0.2) is 5.96 Å². The molecule has 128 valence electrons. The first kappa shape index (κ1) is 17.6. The summed E-state index contributed by atoms with van der Waals surface area (Å²) < 4.78 is 5.80. The normalized spacial score (nSPS) is 21.3. The van der Waals surface area contributed by atoms with E-state index in [4.69, 9.17) is 4.74 Å². The van der Waals surface area contributed by atoms with Crippen molar-refractivity contribution in [2.45, 2.75) is 38.8 Å². The van der Waals surface area contributed by atoms with Crippen molar-refractivity contribution in [1.29, 1.82) is 0 Å². The van der Waals surface area contributed by atoms with Gasteiger partial charge in [0.25, 0.3) is 0 Å². The highest BCUT2D eigenvalue weighted by Gasteiger charge is 2.29. The van der Waals surface area contributed by atoms with Crippen LogP contribution in [0.3, 0.4) is 0 Å². The van der Waals surface area contributed by atoms with Gasteiger partial charge >= 0.3 is 0 Å². The predicted octanol–water partition coefficient (Wildman–Crippen LogP) is 2.30. The van der Waals surface area contributed by atoms with Crippen LogP contribution < -0.4 is 15.5 Å². The molecule has 5 nitrogen and oxygen atoms in total. The Kier molecular flexibility index (Phi) is 5.88. The van der Waals surface area contributed by atoms with Crippen LogP contribution in [0.15, 0.2) is 23.2 Å². The molecule has 0 bridgehead atoms. The highest BCUT2D eigenvalue weighted by Crippen LogP contribution is 2.23. The second kappa shape index (κ2) is 7.68. The van der Waals surface area contributed by atoms with Crippen LogP contribution in [0.5, 0.6) is 0 Å². The molecule has 1 saturated heterocycles. The maximum atomic E-state index is 5.80. The molecule has 0 amide bonds. The first-order valence-corrected chi connectivity index (χ1v) is 8.29. The van der Waals surface area contributed by atoms with Crippen LogP contribution >= 0.6 is 0 Å². The van der Waals surface area contributed by atoms with Crippen LogP contribution in [0.1, 0.15) is 30.9 Å². The number of ether oxygens (including phenoxy) is 1. The van der Waals surface area contributed by atoms with Crippen molar-refractivity contribution in [2.24, 2.45) is 4.99 Å². The zero-order chi connectivity index (χ0) is 16.9. The van der Waals surface area contributed by atoms with E-state index in [1.165, 1.54) is 16.8 Å². The lowest BCUT2D eigenvalue weighted by Gasteiger charge is -2.25. The van der Waals surface area contributed by atoms with Gasteiger partial charge in [0.1, 0.15) is 0 Å². The highest BCUT2D eigenvalue weighted by atomic mass is 16.5. The maximum absolute atomic E-state index is 5.80. The Morgan fingerprint density at radius 1 is 1.35 bits per heavy atom. The molecule has 1 aliphatic rings. The van der Waals surface area contributed by atoms with E-state index < -0.39 is 0 Å². The molecule has 1 aromatic rings. The molecule has 1 atom stereocenters. The van der Waals surface area contributed by atoms with Gasteiger partial charge in [-0.05, 0) is 49.9 Å². The van der Waals surface area contributed by atoms with Crippen molar-refractivity contribution >= 4 is 11.6 Å². The lowest BCUT2D eigenvalue weighted by Crippen LogP contribution is -2.45. The van der Waals surface area contributed by atoms with Gasteiger partial charge in [0, 0.05) is 46.5 Å². The Balaban J connectivity index is 1.88. The fourth-order valence-corrected chi connectivity index (χ4v) is 2.80. The number of hydrogen-bond donors (Lipinski definition) is 2. The van der Waals surface area contributed by atoms with Crippen molar-refractivity contribution in [2.75, 3.05) is 39.2 Å². The summed E-state index contributed by atoms with van der Waals surface area (Å²) in [5, 5.41) is 6.76. The van der Waals surface area contributed by atoms with E-state index in [2.05, 4.69) is 66.7 Å². The Hall–Kier alpha value is -1.75. The summed E-state index contributed by atoms with van der Waals surface area (Å²) in [6, 6.07) is 6.53. The van der Waals surface area contributed by atoms with Crippen LogP contribution in [0.2, 0.25) is 0 Å². The number of rotatable bonds is 5. The first-order valence-electron chi connectivity index (χ1n) is 8.29. The first-order chi connectivity index (χ1) is 10.9. The molecular formula is C18H30N4O. The molecule has 1 heterocycles. The largest absolute Gasteiger partial charge is 0.378 e. The fraction of sp³-hybridized carbons (Fsp3) is 0.611. The molecule has 2 N–H and O–H groups in total. The summed E-state index contributed by atoms with van der Waals surface area (Å²) in [6.45, 7) is 6.71. The molecular weight excluding hydrogens is 288 g/mol. The minimum absolute atomic E-state index is 0.0686. The second-order valence-corrected chi connectivity index (χ2v) is 6.69. The molecule has 0 aromatic heterocycles. The Morgan fingerprint density at radius 2 is 2.13 bits per heavy atom. The van der Waals surface area contributed by atoms with Gasteiger partial charge in [0.2, 0.25) is 0 Å². The number of anilines is 1. The average molecular weight is 318 g/mol. The molecule has 0 radical (unpaired) electrons. The number of benzene rings is 1. The predicted molar refractivity (Wildman–Crippen MR) is 97.3 cm³/mol. The van der Waals surface area contributed by atoms with Crippen LogP contribution in [-0.2, 0) is 11.3 Å². The van der Waals surface area contributed by atoms with Crippen LogP contribution in [0, 0.1) is 6.92 Å². The lowest BCUT2D eigenvalue weighted by atomic mass is 10.0. The second-order valence-electron chi connectivity index (χ2n) is 6.69. The number of nitrogens with zero attached hydrogens (tertiary/aromatic N) is 2. The smallest absolute Gasteiger partial charge is 0.191 e. The molecule has 0 saturated carbocycles. The average Bonchev–Trinajstić information content (AvgIpc) is 2.95. The van der Waals surface area contributed by atoms with Crippen molar-refractivity contribution in [3.63, 3.8) is 0 Å². The standard InChI is InChI=1S/C18H30N4O/c1-14-11-16(22(4)5)8-7-15(14)12-20-17(19-3)21-13-18(2)9-6-10-23-18/h7-8,11H,6,9-10,12-13H2,1-5H3,(H2,19,20,21). The summed E-state index contributed by atoms with van der Waals surface area (Å²) in [7, 11) is 5.92. The third-order valence-electron chi connectivity index (χ3n) is 4.44. The summed E-state index contributed by atoms with van der Waals surface area (Å²) in [4.78, 5) is 6.42. The molecule has 0 spiro atoms. The van der Waals surface area contributed by atoms with Crippen LogP contribution in [-0.4, -0.2) is 45.9 Å². The van der Waals surface area contributed by atoms with Gasteiger partial charge in [0.05, 0.1) is 5.60 Å². The zero-order valence-electron chi connectivity index (χ0n) is 15.1. The summed E-state index contributed by atoms with van der Waals surface area (Å²) in [6.07, 6.45) is 2.24. The molecule has 5 heteroatoms. The van der Waals surface area contributed by atoms with Crippen molar-refractivity contribution < 1.29 is 4.74 Å². The van der Waals surface area contributed by atoms with Gasteiger partial charge in [-0.3, -0.25) is 4.99 Å². The summed E-state index contributed by atoms with van der Waals surface area (Å²) in [5.74, 6) is 0.817. The Labute approximate surface area is 140 Å². The minimum atomic E-state index is -0.0686. The monoisotopic (exact) mass is 318 g/mol. The summed E-state index contributed by atoms with van der Waals surface area (Å²) in [5.41, 5.74) is 3.72. The molecule has 2 rings (SSSR count). The quantitative estimate of drug-likeness (QED) is 0.646. The molecule has 1 aliphatic heterocycles. The third kappa shape index (κ3) is 4.86. The van der Waals surface area contributed by atoms with E-state index in [9.17, 15) is 0 Å². The lowest BCUT2D eigenvalue weighted by molar-refractivity contribution is 0.0243. The zero-order valence-corrected chi connectivity index (χ0v) is 15.1. The van der Waals surface area contributed by atoms with Gasteiger partial charge in [-0.2, -0.15) is 0 Å². The number of hydrogen-bond acceptors (Lipinski definition) is 3. The molecule has 1 unspecified atom stereocenters. The van der Waals surface area contributed by atoms with Gasteiger partial charge in [-0.25, -0.2) is 0 Å². The highest BCUT2D eigenvalue weighted by molar-refractivity contribution is 5.79. The molecule has 0 aliphatic carbocycles. The van der Waals surface area contributed by atoms with Gasteiger partial charge in [-0.15, -0.1) is 0 Å². The number of aryl methyl sites for hydroxylation is 1. The van der Waals surface area contributed by atoms with Gasteiger partial charge < -0.3 is 20.3 Å². The van der Waals surface area contributed by atoms with E-state index in [0.717, 1.165) is 38.5 Å². The Bertz CT molecular complexity index is 548. The number of guanidine groups is 1. The van der Waals surface area contributed by atoms with E-state index in [0.29, 0.717) is 0 Å². The van der Waals surface area contributed by atoms with E-state index >= 15 is 0 Å². The van der Waals surface area contributed by atoms with Crippen LogP contribution in [0.25, 0.3) is 0 Å². The minimum Gasteiger partial charge on any atom is -0.378 e. The van der Waals surface area contributed by atoms with Crippen molar-refractivity contribution in [3.8, 4) is 0 Å². The SMILES string of the molecule is CN=C(NCc1ccc(N(C)C)cc1C)NCC1(C)CCCO1. The number of aliphatic imine (C=N–C) groups is 1. The van der Waals surface area contributed by atoms with E-state index in [-0.39, 0.29) is 5.60 Å². The summed E-state index contributed by atoms with van der Waals surface area (Å²) >= 11 is 0. The molecule has 1 fully saturated rings. The maximum Gasteiger partial charge on any atom is 0.191 e. The van der Waals surface area contributed by atoms with Gasteiger partial charge in [-0.1, -0.05) is 6.07 Å². The third-order valence-corrected chi connectivity index (χ3v) is 4.44. The molecule has 23 heavy (non-hydrogen) atoms. The van der Waals surface area contributed by atoms with Crippen LogP contribution in [0.4, 0.5) is 5.69 Å². The topological polar surface area (TPSA) is 48.9 Å². The molecule has 1 aromatic carbocycles. The van der Waals surface area contributed by atoms with Crippen molar-refractivity contribution in [1.82, 2.24) is 10.6 Å². The Morgan fingerprint density at radius 3 is 2.70 bits per heavy atom. The van der Waals surface area contributed by atoms with E-state index in [1.54, 1.807) is 7.05 Å². The number of nitrogens with one attached hydrogen (secondary N) is 2. The fourth-order valence-electron chi connectivity index (χ4n) is 2.80. The van der Waals surface area contributed by atoms with E-state index in [1.807, 2.05) is 0 Å². The van der Waals surface area contributed by atoms with Crippen molar-refractivity contribution in [3.05, 3.63) is 29.3 Å².